The summed E-state index contributed by atoms with van der Waals surface area (Å²) in [6.45, 7) is 6.29. The van der Waals surface area contributed by atoms with Gasteiger partial charge in [-0.1, -0.05) is 37.6 Å². The molecule has 1 atom stereocenters. The maximum absolute atomic E-state index is 5.04. The van der Waals surface area contributed by atoms with E-state index < -0.39 is 0 Å². The Hall–Kier alpha value is -0.860. The maximum Gasteiger partial charge on any atom is 0.0474 e. The third kappa shape index (κ3) is 5.65. The van der Waals surface area contributed by atoms with E-state index in [1.807, 2.05) is 0 Å². The van der Waals surface area contributed by atoms with Crippen molar-refractivity contribution in [1.29, 1.82) is 0 Å². The van der Waals surface area contributed by atoms with E-state index in [0.717, 1.165) is 19.6 Å². The Morgan fingerprint density at radius 1 is 1.17 bits per heavy atom. The first-order chi connectivity index (χ1) is 8.77. The van der Waals surface area contributed by atoms with Gasteiger partial charge < -0.3 is 10.1 Å². The topological polar surface area (TPSA) is 21.3 Å². The highest BCUT2D eigenvalue weighted by Gasteiger charge is 2.03. The van der Waals surface area contributed by atoms with Gasteiger partial charge in [-0.3, -0.25) is 0 Å². The lowest BCUT2D eigenvalue weighted by Crippen LogP contribution is -2.20. The smallest absolute Gasteiger partial charge is 0.0474 e. The first-order valence-corrected chi connectivity index (χ1v) is 7.09. The van der Waals surface area contributed by atoms with Crippen LogP contribution in [0, 0.1) is 0 Å². The first kappa shape index (κ1) is 15.2. The highest BCUT2D eigenvalue weighted by Crippen LogP contribution is 2.14. The molecule has 0 saturated carbocycles. The highest BCUT2D eigenvalue weighted by molar-refractivity contribution is 5.24. The van der Waals surface area contributed by atoms with Crippen molar-refractivity contribution < 1.29 is 4.74 Å². The molecule has 1 N–H and O–H groups in total. The molecule has 0 bridgehead atoms. The quantitative estimate of drug-likeness (QED) is 0.674. The molecule has 2 nitrogen and oxygen atoms in total. The van der Waals surface area contributed by atoms with Crippen LogP contribution in [0.1, 0.15) is 50.3 Å². The van der Waals surface area contributed by atoms with Crippen LogP contribution in [0.2, 0.25) is 0 Å². The molecule has 0 spiro atoms. The molecule has 0 aliphatic rings. The van der Waals surface area contributed by atoms with Gasteiger partial charge in [-0.25, -0.2) is 0 Å². The number of hydrogen-bond acceptors (Lipinski definition) is 2. The van der Waals surface area contributed by atoms with Gasteiger partial charge in [0.05, 0.1) is 0 Å². The Bertz CT molecular complexity index is 307. The molecular weight excluding hydrogens is 222 g/mol. The lowest BCUT2D eigenvalue weighted by molar-refractivity contribution is 0.193. The van der Waals surface area contributed by atoms with E-state index in [2.05, 4.69) is 43.4 Å². The summed E-state index contributed by atoms with van der Waals surface area (Å²) in [7, 11) is 1.75. The Morgan fingerprint density at radius 3 is 2.50 bits per heavy atom. The van der Waals surface area contributed by atoms with Gasteiger partial charge in [-0.05, 0) is 43.9 Å². The molecule has 0 fully saturated rings. The van der Waals surface area contributed by atoms with Crippen molar-refractivity contribution >= 4 is 0 Å². The average Bonchev–Trinajstić information content (AvgIpc) is 2.41. The average molecular weight is 249 g/mol. The number of hydrogen-bond donors (Lipinski definition) is 1. The Kier molecular flexibility index (Phi) is 7.70. The molecule has 0 aliphatic heterocycles. The standard InChI is InChI=1S/C16H27NO/c1-4-5-7-15-8-10-16(11-9-15)14(2)17-12-6-13-18-3/h8-11,14,17H,4-7,12-13H2,1-3H3. The molecule has 0 radical (unpaired) electrons. The molecule has 0 saturated heterocycles. The summed E-state index contributed by atoms with van der Waals surface area (Å²) in [4.78, 5) is 0. The largest absolute Gasteiger partial charge is 0.385 e. The SMILES string of the molecule is CCCCc1ccc(C(C)NCCCOC)cc1. The lowest BCUT2D eigenvalue weighted by Gasteiger charge is -2.14. The van der Waals surface area contributed by atoms with Gasteiger partial charge in [0.25, 0.3) is 0 Å². The maximum atomic E-state index is 5.04. The van der Waals surface area contributed by atoms with Crippen molar-refractivity contribution in [3.63, 3.8) is 0 Å². The molecule has 1 aromatic rings. The zero-order valence-electron chi connectivity index (χ0n) is 12.0. The van der Waals surface area contributed by atoms with Crippen molar-refractivity contribution in [2.24, 2.45) is 0 Å². The van der Waals surface area contributed by atoms with Gasteiger partial charge >= 0.3 is 0 Å². The fourth-order valence-corrected chi connectivity index (χ4v) is 2.01. The minimum atomic E-state index is 0.419. The lowest BCUT2D eigenvalue weighted by atomic mass is 10.0. The summed E-state index contributed by atoms with van der Waals surface area (Å²) in [5, 5.41) is 3.52. The monoisotopic (exact) mass is 249 g/mol. The minimum absolute atomic E-state index is 0.419. The Morgan fingerprint density at radius 2 is 1.89 bits per heavy atom. The van der Waals surface area contributed by atoms with E-state index in [0.29, 0.717) is 6.04 Å². The molecular formula is C16H27NO. The van der Waals surface area contributed by atoms with Crippen molar-refractivity contribution in [3.05, 3.63) is 35.4 Å². The van der Waals surface area contributed by atoms with Crippen LogP contribution in [-0.4, -0.2) is 20.3 Å². The Balaban J connectivity index is 2.36. The van der Waals surface area contributed by atoms with Crippen LogP contribution < -0.4 is 5.32 Å². The van der Waals surface area contributed by atoms with E-state index in [9.17, 15) is 0 Å². The van der Waals surface area contributed by atoms with E-state index >= 15 is 0 Å². The van der Waals surface area contributed by atoms with Crippen molar-refractivity contribution in [2.45, 2.75) is 45.6 Å². The Labute approximate surface area is 112 Å². The second kappa shape index (κ2) is 9.12. The van der Waals surface area contributed by atoms with Gasteiger partial charge in [-0.2, -0.15) is 0 Å². The van der Waals surface area contributed by atoms with Gasteiger partial charge in [0.15, 0.2) is 0 Å². The number of methoxy groups -OCH3 is 1. The summed E-state index contributed by atoms with van der Waals surface area (Å²) < 4.78 is 5.04. The first-order valence-electron chi connectivity index (χ1n) is 7.09. The molecule has 0 aromatic heterocycles. The molecule has 102 valence electrons. The zero-order chi connectivity index (χ0) is 13.2. The zero-order valence-corrected chi connectivity index (χ0v) is 12.0. The van der Waals surface area contributed by atoms with E-state index in [4.69, 9.17) is 4.74 Å². The number of nitrogens with one attached hydrogen (secondary N) is 1. The predicted molar refractivity (Wildman–Crippen MR) is 78.0 cm³/mol. The van der Waals surface area contributed by atoms with Gasteiger partial charge in [0.1, 0.15) is 0 Å². The minimum Gasteiger partial charge on any atom is -0.385 e. The van der Waals surface area contributed by atoms with Crippen molar-refractivity contribution in [3.8, 4) is 0 Å². The highest BCUT2D eigenvalue weighted by atomic mass is 16.5. The molecule has 2 heteroatoms. The summed E-state index contributed by atoms with van der Waals surface area (Å²) >= 11 is 0. The van der Waals surface area contributed by atoms with Crippen LogP contribution in [0.15, 0.2) is 24.3 Å². The van der Waals surface area contributed by atoms with Crippen LogP contribution in [0.25, 0.3) is 0 Å². The second-order valence-corrected chi connectivity index (χ2v) is 4.87. The van der Waals surface area contributed by atoms with Crippen molar-refractivity contribution in [2.75, 3.05) is 20.3 Å². The molecule has 1 rings (SSSR count). The normalized spacial score (nSPS) is 12.6. The van der Waals surface area contributed by atoms with Crippen LogP contribution in [0.3, 0.4) is 0 Å². The molecule has 0 aliphatic carbocycles. The molecule has 18 heavy (non-hydrogen) atoms. The second-order valence-electron chi connectivity index (χ2n) is 4.87. The fraction of sp³-hybridized carbons (Fsp3) is 0.625. The molecule has 1 unspecified atom stereocenters. The van der Waals surface area contributed by atoms with Gasteiger partial charge in [0, 0.05) is 19.8 Å². The van der Waals surface area contributed by atoms with E-state index in [-0.39, 0.29) is 0 Å². The van der Waals surface area contributed by atoms with Crippen LogP contribution in [0.4, 0.5) is 0 Å². The summed E-state index contributed by atoms with van der Waals surface area (Å²) in [5.41, 5.74) is 2.82. The number of ether oxygens (including phenoxy) is 1. The predicted octanol–water partition coefficient (Wildman–Crippen LogP) is 3.72. The fourth-order valence-electron chi connectivity index (χ4n) is 2.01. The molecule has 0 heterocycles. The molecule has 1 aromatic carbocycles. The van der Waals surface area contributed by atoms with Gasteiger partial charge in [0.2, 0.25) is 0 Å². The summed E-state index contributed by atoms with van der Waals surface area (Å²) in [6, 6.07) is 9.44. The van der Waals surface area contributed by atoms with Crippen LogP contribution in [0.5, 0.6) is 0 Å². The number of aryl methyl sites for hydroxylation is 1. The number of benzene rings is 1. The third-order valence-corrected chi connectivity index (χ3v) is 3.27. The summed E-state index contributed by atoms with van der Waals surface area (Å²) in [6.07, 6.45) is 4.81. The van der Waals surface area contributed by atoms with Crippen LogP contribution in [-0.2, 0) is 11.2 Å². The van der Waals surface area contributed by atoms with E-state index in [1.165, 1.54) is 30.4 Å². The van der Waals surface area contributed by atoms with Crippen molar-refractivity contribution in [1.82, 2.24) is 5.32 Å². The number of unbranched alkanes of at least 4 members (excludes halogenated alkanes) is 1. The number of rotatable bonds is 9. The molecule has 0 amide bonds. The summed E-state index contributed by atoms with van der Waals surface area (Å²) in [5.74, 6) is 0. The van der Waals surface area contributed by atoms with Gasteiger partial charge in [-0.15, -0.1) is 0 Å². The van der Waals surface area contributed by atoms with E-state index in [1.54, 1.807) is 7.11 Å². The third-order valence-electron chi connectivity index (χ3n) is 3.27. The van der Waals surface area contributed by atoms with Crippen LogP contribution >= 0.6 is 0 Å².